The number of halogens is 1. The zero-order valence-corrected chi connectivity index (χ0v) is 18.3. The van der Waals surface area contributed by atoms with Crippen molar-refractivity contribution in [3.05, 3.63) is 76.9 Å². The van der Waals surface area contributed by atoms with Gasteiger partial charge in [0.15, 0.2) is 0 Å². The van der Waals surface area contributed by atoms with Crippen LogP contribution in [0.25, 0.3) is 0 Å². The van der Waals surface area contributed by atoms with Gasteiger partial charge < -0.3 is 15.1 Å². The van der Waals surface area contributed by atoms with Crippen molar-refractivity contribution in [1.82, 2.24) is 19.9 Å². The molecule has 31 heavy (non-hydrogen) atoms. The number of aromatic nitrogens is 3. The third-order valence-electron chi connectivity index (χ3n) is 5.00. The molecule has 1 aliphatic rings. The highest BCUT2D eigenvalue weighted by molar-refractivity contribution is 9.10. The molecular formula is C22H21BrN6O2. The Hall–Kier alpha value is -3.33. The number of rotatable bonds is 4. The summed E-state index contributed by atoms with van der Waals surface area (Å²) in [6, 6.07) is 10.9. The van der Waals surface area contributed by atoms with E-state index >= 15 is 0 Å². The molecule has 3 aromatic rings. The Morgan fingerprint density at radius 3 is 2.45 bits per heavy atom. The van der Waals surface area contributed by atoms with Gasteiger partial charge in [0.05, 0.1) is 18.1 Å². The maximum atomic E-state index is 12.6. The van der Waals surface area contributed by atoms with Gasteiger partial charge in [0.2, 0.25) is 0 Å². The molecule has 0 bridgehead atoms. The second kappa shape index (κ2) is 9.65. The van der Waals surface area contributed by atoms with Crippen LogP contribution < -0.4 is 10.2 Å². The van der Waals surface area contributed by atoms with E-state index in [1.165, 1.54) is 12.4 Å². The van der Waals surface area contributed by atoms with Gasteiger partial charge in [-0.05, 0) is 42.8 Å². The molecule has 0 unspecified atom stereocenters. The molecule has 2 aromatic heterocycles. The molecule has 0 atom stereocenters. The second-order valence-electron chi connectivity index (χ2n) is 7.09. The molecule has 0 aliphatic carbocycles. The van der Waals surface area contributed by atoms with Crippen LogP contribution in [-0.2, 0) is 0 Å². The summed E-state index contributed by atoms with van der Waals surface area (Å²) in [5.41, 5.74) is 1.57. The van der Waals surface area contributed by atoms with E-state index in [1.807, 2.05) is 24.3 Å². The molecule has 158 valence electrons. The van der Waals surface area contributed by atoms with Crippen LogP contribution in [0.1, 0.15) is 27.3 Å². The molecule has 8 nitrogen and oxygen atoms in total. The van der Waals surface area contributed by atoms with E-state index < -0.39 is 0 Å². The summed E-state index contributed by atoms with van der Waals surface area (Å²) in [5, 5.41) is 2.86. The van der Waals surface area contributed by atoms with Crippen molar-refractivity contribution in [3.63, 3.8) is 0 Å². The van der Waals surface area contributed by atoms with E-state index in [4.69, 9.17) is 0 Å². The maximum absolute atomic E-state index is 12.6. The Morgan fingerprint density at radius 1 is 0.903 bits per heavy atom. The van der Waals surface area contributed by atoms with Gasteiger partial charge in [-0.25, -0.2) is 9.97 Å². The van der Waals surface area contributed by atoms with Crippen LogP contribution in [0.5, 0.6) is 0 Å². The van der Waals surface area contributed by atoms with Crippen molar-refractivity contribution in [3.8, 4) is 0 Å². The first-order valence-corrected chi connectivity index (χ1v) is 10.7. The summed E-state index contributed by atoms with van der Waals surface area (Å²) < 4.78 is 0.921. The molecule has 2 amide bonds. The van der Waals surface area contributed by atoms with Gasteiger partial charge in [-0.15, -0.1) is 0 Å². The maximum Gasteiger partial charge on any atom is 0.274 e. The zero-order valence-electron chi connectivity index (χ0n) is 16.7. The largest absolute Gasteiger partial charge is 0.355 e. The first-order chi connectivity index (χ1) is 15.1. The number of anilines is 2. The van der Waals surface area contributed by atoms with Gasteiger partial charge in [-0.1, -0.05) is 15.9 Å². The number of amides is 2. The van der Waals surface area contributed by atoms with Crippen LogP contribution in [0.15, 0.2) is 65.7 Å². The molecule has 9 heteroatoms. The molecule has 4 rings (SSSR count). The predicted octanol–water partition coefficient (Wildman–Crippen LogP) is 3.24. The van der Waals surface area contributed by atoms with E-state index in [1.54, 1.807) is 29.4 Å². The SMILES string of the molecule is O=C(Nc1ccc(N2CCCN(C(=O)c3cnccn3)CC2)nc1)c1ccc(Br)cc1. The lowest BCUT2D eigenvalue weighted by Crippen LogP contribution is -2.35. The highest BCUT2D eigenvalue weighted by Gasteiger charge is 2.22. The van der Waals surface area contributed by atoms with Crippen LogP contribution in [0.4, 0.5) is 11.5 Å². The molecule has 1 N–H and O–H groups in total. The van der Waals surface area contributed by atoms with Gasteiger partial charge in [-0.2, -0.15) is 0 Å². The lowest BCUT2D eigenvalue weighted by Gasteiger charge is -2.22. The van der Waals surface area contributed by atoms with Crippen molar-refractivity contribution in [2.45, 2.75) is 6.42 Å². The van der Waals surface area contributed by atoms with Crippen LogP contribution in [-0.4, -0.2) is 57.8 Å². The van der Waals surface area contributed by atoms with Crippen LogP contribution in [0.2, 0.25) is 0 Å². The topological polar surface area (TPSA) is 91.3 Å². The monoisotopic (exact) mass is 480 g/mol. The number of pyridine rings is 1. The van der Waals surface area contributed by atoms with Crippen LogP contribution in [0, 0.1) is 0 Å². The van der Waals surface area contributed by atoms with E-state index in [9.17, 15) is 9.59 Å². The Bertz CT molecular complexity index is 1040. The average Bonchev–Trinajstić information content (AvgIpc) is 3.06. The average molecular weight is 481 g/mol. The number of carbonyl (C=O) groups excluding carboxylic acids is 2. The minimum atomic E-state index is -0.185. The first kappa shape index (κ1) is 20.9. The normalized spacial score (nSPS) is 14.1. The van der Waals surface area contributed by atoms with Gasteiger partial charge in [-0.3, -0.25) is 14.6 Å². The lowest BCUT2D eigenvalue weighted by atomic mass is 10.2. The van der Waals surface area contributed by atoms with Gasteiger partial charge in [0.1, 0.15) is 11.5 Å². The molecule has 1 aromatic carbocycles. The fourth-order valence-electron chi connectivity index (χ4n) is 3.37. The minimum Gasteiger partial charge on any atom is -0.355 e. The van der Waals surface area contributed by atoms with E-state index in [0.717, 1.165) is 23.3 Å². The lowest BCUT2D eigenvalue weighted by molar-refractivity contribution is 0.0760. The summed E-state index contributed by atoms with van der Waals surface area (Å²) in [5.74, 6) is 0.527. The van der Waals surface area contributed by atoms with Gasteiger partial charge in [0, 0.05) is 48.6 Å². The highest BCUT2D eigenvalue weighted by Crippen LogP contribution is 2.18. The van der Waals surface area contributed by atoms with Crippen molar-refractivity contribution in [2.24, 2.45) is 0 Å². The Morgan fingerprint density at radius 2 is 1.74 bits per heavy atom. The fraction of sp³-hybridized carbons (Fsp3) is 0.227. The summed E-state index contributed by atoms with van der Waals surface area (Å²) in [7, 11) is 0. The minimum absolute atomic E-state index is 0.103. The molecule has 0 radical (unpaired) electrons. The van der Waals surface area contributed by atoms with Crippen molar-refractivity contribution < 1.29 is 9.59 Å². The molecule has 1 saturated heterocycles. The van der Waals surface area contributed by atoms with Crippen molar-refractivity contribution in [2.75, 3.05) is 36.4 Å². The Labute approximate surface area is 188 Å². The first-order valence-electron chi connectivity index (χ1n) is 9.93. The Balaban J connectivity index is 1.36. The van der Waals surface area contributed by atoms with E-state index in [-0.39, 0.29) is 11.8 Å². The third-order valence-corrected chi connectivity index (χ3v) is 5.53. The summed E-state index contributed by atoms with van der Waals surface area (Å²) in [4.78, 5) is 41.5. The third kappa shape index (κ3) is 5.24. The van der Waals surface area contributed by atoms with E-state index in [0.29, 0.717) is 36.6 Å². The van der Waals surface area contributed by atoms with Crippen LogP contribution >= 0.6 is 15.9 Å². The zero-order chi connectivity index (χ0) is 21.6. The van der Waals surface area contributed by atoms with Gasteiger partial charge in [0.25, 0.3) is 11.8 Å². The summed E-state index contributed by atoms with van der Waals surface area (Å²) in [6.45, 7) is 2.71. The smallest absolute Gasteiger partial charge is 0.274 e. The molecule has 1 aliphatic heterocycles. The number of hydrogen-bond acceptors (Lipinski definition) is 6. The quantitative estimate of drug-likeness (QED) is 0.616. The molecule has 1 fully saturated rings. The van der Waals surface area contributed by atoms with Crippen molar-refractivity contribution in [1.29, 1.82) is 0 Å². The molecule has 3 heterocycles. The highest BCUT2D eigenvalue weighted by atomic mass is 79.9. The van der Waals surface area contributed by atoms with Crippen molar-refractivity contribution >= 4 is 39.2 Å². The summed E-state index contributed by atoms with van der Waals surface area (Å²) >= 11 is 3.36. The number of nitrogens with zero attached hydrogens (tertiary/aromatic N) is 5. The van der Waals surface area contributed by atoms with E-state index in [2.05, 4.69) is 41.1 Å². The molecular weight excluding hydrogens is 460 g/mol. The predicted molar refractivity (Wildman–Crippen MR) is 121 cm³/mol. The molecule has 0 saturated carbocycles. The fourth-order valence-corrected chi connectivity index (χ4v) is 3.64. The number of hydrogen-bond donors (Lipinski definition) is 1. The second-order valence-corrected chi connectivity index (χ2v) is 8.01. The Kier molecular flexibility index (Phi) is 6.51. The molecule has 0 spiro atoms. The summed E-state index contributed by atoms with van der Waals surface area (Å²) in [6.07, 6.45) is 7.05. The van der Waals surface area contributed by atoms with Gasteiger partial charge >= 0.3 is 0 Å². The number of benzene rings is 1. The number of nitrogens with one attached hydrogen (secondary N) is 1. The standard InChI is InChI=1S/C22H21BrN6O2/c23-17-4-2-16(3-5-17)21(30)27-18-6-7-20(26-14-18)28-10-1-11-29(13-12-28)22(31)19-15-24-8-9-25-19/h2-9,14-15H,1,10-13H2,(H,27,30). The van der Waals surface area contributed by atoms with Crippen LogP contribution in [0.3, 0.4) is 0 Å². The number of carbonyl (C=O) groups is 2.